The van der Waals surface area contributed by atoms with E-state index in [9.17, 15) is 23.1 Å². The Hall–Kier alpha value is -3.31. The van der Waals surface area contributed by atoms with Gasteiger partial charge in [0, 0.05) is 45.1 Å². The maximum atomic E-state index is 13.1. The van der Waals surface area contributed by atoms with Gasteiger partial charge in [0.25, 0.3) is 0 Å². The van der Waals surface area contributed by atoms with E-state index in [2.05, 4.69) is 14.8 Å². The Kier molecular flexibility index (Phi) is 9.01. The average molecular weight is 544 g/mol. The van der Waals surface area contributed by atoms with E-state index in [0.717, 1.165) is 35.7 Å². The van der Waals surface area contributed by atoms with E-state index in [0.29, 0.717) is 26.2 Å². The van der Waals surface area contributed by atoms with Gasteiger partial charge in [-0.15, -0.1) is 0 Å². The quantitative estimate of drug-likeness (QED) is 0.398. The summed E-state index contributed by atoms with van der Waals surface area (Å²) in [6.07, 6.45) is -1.30. The van der Waals surface area contributed by atoms with Gasteiger partial charge in [-0.1, -0.05) is 48.5 Å². The van der Waals surface area contributed by atoms with E-state index in [1.165, 1.54) is 12.1 Å². The van der Waals surface area contributed by atoms with Gasteiger partial charge in [0.1, 0.15) is 12.6 Å². The summed E-state index contributed by atoms with van der Waals surface area (Å²) >= 11 is 0. The number of benzene rings is 2. The van der Waals surface area contributed by atoms with Gasteiger partial charge >= 0.3 is 12.1 Å². The third-order valence-corrected chi connectivity index (χ3v) is 7.01. The monoisotopic (exact) mass is 543 g/mol. The molecule has 4 rings (SSSR count). The largest absolute Gasteiger partial charge is 0.462 e. The highest BCUT2D eigenvalue weighted by molar-refractivity contribution is 5.76. The van der Waals surface area contributed by atoms with Crippen LogP contribution in [0, 0.1) is 0 Å². The second-order valence-corrected chi connectivity index (χ2v) is 9.81. The van der Waals surface area contributed by atoms with Crippen molar-refractivity contribution < 1.29 is 32.9 Å². The fourth-order valence-corrected chi connectivity index (χ4v) is 4.61. The van der Waals surface area contributed by atoms with Crippen LogP contribution in [0.25, 0.3) is 11.1 Å². The average Bonchev–Trinajstić information content (AvgIpc) is 2.93. The molecule has 0 saturated carbocycles. The molecular formula is C29H32F3N3O4. The number of aliphatic hydroxyl groups is 2. The van der Waals surface area contributed by atoms with Crippen LogP contribution in [0.2, 0.25) is 0 Å². The molecule has 0 bridgehead atoms. The van der Waals surface area contributed by atoms with Crippen molar-refractivity contribution in [2.75, 3.05) is 32.8 Å². The molecule has 3 aromatic rings. The van der Waals surface area contributed by atoms with E-state index in [1.807, 2.05) is 36.4 Å². The molecule has 2 heterocycles. The smallest absolute Gasteiger partial charge is 0.421 e. The minimum Gasteiger partial charge on any atom is -0.462 e. The first-order chi connectivity index (χ1) is 18.6. The van der Waals surface area contributed by atoms with Crippen molar-refractivity contribution in [2.45, 2.75) is 37.8 Å². The molecule has 208 valence electrons. The molecule has 0 spiro atoms. The molecular weight excluding hydrogens is 511 g/mol. The Labute approximate surface area is 225 Å². The summed E-state index contributed by atoms with van der Waals surface area (Å²) in [5.41, 5.74) is 0.464. The summed E-state index contributed by atoms with van der Waals surface area (Å²) in [6.45, 7) is 3.53. The topological polar surface area (TPSA) is 86.1 Å². The van der Waals surface area contributed by atoms with Gasteiger partial charge in [0.05, 0.1) is 6.61 Å². The number of halogens is 3. The molecule has 1 aliphatic rings. The van der Waals surface area contributed by atoms with Gasteiger partial charge in [-0.2, -0.15) is 13.2 Å². The number of aliphatic hydroxyl groups excluding tert-OH is 1. The van der Waals surface area contributed by atoms with Gasteiger partial charge in [-0.05, 0) is 46.9 Å². The van der Waals surface area contributed by atoms with Crippen LogP contribution in [0.3, 0.4) is 0 Å². The molecule has 0 aliphatic carbocycles. The Morgan fingerprint density at radius 1 is 0.949 bits per heavy atom. The Morgan fingerprint density at radius 2 is 1.54 bits per heavy atom. The number of aromatic nitrogens is 1. The maximum Gasteiger partial charge on any atom is 0.421 e. The van der Waals surface area contributed by atoms with Crippen molar-refractivity contribution in [1.82, 2.24) is 14.8 Å². The number of nitrogens with zero attached hydrogens (tertiary/aromatic N) is 3. The second kappa shape index (κ2) is 12.3. The van der Waals surface area contributed by atoms with Crippen LogP contribution in [0.5, 0.6) is 0 Å². The first kappa shape index (κ1) is 28.7. The lowest BCUT2D eigenvalue weighted by Gasteiger charge is -2.40. The number of ether oxygens (including phenoxy) is 1. The first-order valence-corrected chi connectivity index (χ1v) is 12.7. The minimum absolute atomic E-state index is 0.0561. The highest BCUT2D eigenvalue weighted by Gasteiger charge is 2.51. The number of hydrogen-bond donors (Lipinski definition) is 2. The van der Waals surface area contributed by atoms with Gasteiger partial charge in [0.15, 0.2) is 5.60 Å². The lowest BCUT2D eigenvalue weighted by atomic mass is 9.93. The first-order valence-electron chi connectivity index (χ1n) is 12.7. The Balaban J connectivity index is 1.44. The van der Waals surface area contributed by atoms with Gasteiger partial charge in [-0.25, -0.2) is 0 Å². The molecule has 2 unspecified atom stereocenters. The van der Waals surface area contributed by atoms with E-state index < -0.39 is 17.8 Å². The molecule has 39 heavy (non-hydrogen) atoms. The summed E-state index contributed by atoms with van der Waals surface area (Å²) in [5.74, 6) is -0.380. The van der Waals surface area contributed by atoms with Gasteiger partial charge in [-0.3, -0.25) is 19.6 Å². The van der Waals surface area contributed by atoms with E-state index in [4.69, 9.17) is 9.84 Å². The highest BCUT2D eigenvalue weighted by Crippen LogP contribution is 2.39. The Morgan fingerprint density at radius 3 is 2.13 bits per heavy atom. The lowest BCUT2D eigenvalue weighted by Crippen LogP contribution is -2.56. The number of rotatable bonds is 9. The van der Waals surface area contributed by atoms with Crippen molar-refractivity contribution in [3.05, 3.63) is 89.7 Å². The summed E-state index contributed by atoms with van der Waals surface area (Å²) in [5, 5.41) is 19.0. The number of piperazine rings is 1. The number of alkyl halides is 3. The number of carbonyl (C=O) groups excluding carboxylic acids is 1. The molecule has 2 N–H and O–H groups in total. The van der Waals surface area contributed by atoms with Crippen LogP contribution in [0.1, 0.15) is 23.6 Å². The maximum absolute atomic E-state index is 13.1. The zero-order valence-electron chi connectivity index (χ0n) is 21.6. The SMILES string of the molecule is CC(O)(c1ccc(-c2ccc(CN3CCN(Cc4ccncc4)CC3C(=O)OCCO)cc2)cc1)C(F)(F)F. The van der Waals surface area contributed by atoms with Crippen molar-refractivity contribution in [3.63, 3.8) is 0 Å². The van der Waals surface area contributed by atoms with Crippen molar-refractivity contribution in [1.29, 1.82) is 0 Å². The van der Waals surface area contributed by atoms with Crippen LogP contribution >= 0.6 is 0 Å². The molecule has 0 amide bonds. The molecule has 2 atom stereocenters. The number of carbonyl (C=O) groups is 1. The van der Waals surface area contributed by atoms with E-state index >= 15 is 0 Å². The van der Waals surface area contributed by atoms with Crippen LogP contribution in [0.4, 0.5) is 13.2 Å². The summed E-state index contributed by atoms with van der Waals surface area (Å²) in [6, 6.07) is 16.7. The van der Waals surface area contributed by atoms with Crippen LogP contribution in [-0.2, 0) is 28.2 Å². The third-order valence-electron chi connectivity index (χ3n) is 7.01. The third kappa shape index (κ3) is 7.02. The molecule has 1 aliphatic heterocycles. The van der Waals surface area contributed by atoms with E-state index in [1.54, 1.807) is 24.5 Å². The van der Waals surface area contributed by atoms with Crippen molar-refractivity contribution in [2.24, 2.45) is 0 Å². The molecule has 1 saturated heterocycles. The highest BCUT2D eigenvalue weighted by atomic mass is 19.4. The normalized spacial score (nSPS) is 18.5. The predicted molar refractivity (Wildman–Crippen MR) is 139 cm³/mol. The number of hydrogen-bond acceptors (Lipinski definition) is 7. The van der Waals surface area contributed by atoms with Crippen molar-refractivity contribution >= 4 is 5.97 Å². The number of esters is 1. The van der Waals surface area contributed by atoms with Crippen LogP contribution < -0.4 is 0 Å². The summed E-state index contributed by atoms with van der Waals surface area (Å²) in [4.78, 5) is 21.2. The fraction of sp³-hybridized carbons (Fsp3) is 0.379. The molecule has 1 aromatic heterocycles. The number of pyridine rings is 1. The molecule has 0 radical (unpaired) electrons. The van der Waals surface area contributed by atoms with Crippen LogP contribution in [0.15, 0.2) is 73.1 Å². The fourth-order valence-electron chi connectivity index (χ4n) is 4.61. The Bertz CT molecular complexity index is 1220. The minimum atomic E-state index is -4.77. The zero-order valence-corrected chi connectivity index (χ0v) is 21.6. The molecule has 1 fully saturated rings. The predicted octanol–water partition coefficient (Wildman–Crippen LogP) is 3.74. The van der Waals surface area contributed by atoms with Crippen LogP contribution in [-0.4, -0.2) is 76.0 Å². The molecule has 10 heteroatoms. The summed E-state index contributed by atoms with van der Waals surface area (Å²) in [7, 11) is 0. The lowest BCUT2D eigenvalue weighted by molar-refractivity contribution is -0.258. The van der Waals surface area contributed by atoms with Gasteiger partial charge < -0.3 is 14.9 Å². The zero-order chi connectivity index (χ0) is 28.0. The van der Waals surface area contributed by atoms with Gasteiger partial charge in [0.2, 0.25) is 0 Å². The summed E-state index contributed by atoms with van der Waals surface area (Å²) < 4.78 is 44.7. The second-order valence-electron chi connectivity index (χ2n) is 9.81. The standard InChI is InChI=1S/C29H32F3N3O4/c1-28(38,29(30,31)32)25-8-6-24(7-9-25)23-4-2-21(3-5-23)19-35-15-14-34(18-22-10-12-33-13-11-22)20-26(35)27(37)39-17-16-36/h2-13,26,36,38H,14-20H2,1H3. The molecule has 7 nitrogen and oxygen atoms in total. The molecule has 2 aromatic carbocycles. The van der Waals surface area contributed by atoms with E-state index in [-0.39, 0.29) is 24.7 Å². The van der Waals surface area contributed by atoms with Crippen molar-refractivity contribution in [3.8, 4) is 11.1 Å².